The van der Waals surface area contributed by atoms with Crippen molar-refractivity contribution in [3.05, 3.63) is 74.8 Å². The van der Waals surface area contributed by atoms with Crippen molar-refractivity contribution < 1.29 is 24.0 Å². The van der Waals surface area contributed by atoms with E-state index >= 15 is 0 Å². The number of aryl methyl sites for hydroxylation is 1. The molecule has 0 aromatic heterocycles. The van der Waals surface area contributed by atoms with Crippen LogP contribution in [0.15, 0.2) is 42.5 Å². The van der Waals surface area contributed by atoms with Gasteiger partial charge in [0.2, 0.25) is 6.10 Å². The van der Waals surface area contributed by atoms with Crippen LogP contribution in [0.2, 0.25) is 0 Å². The van der Waals surface area contributed by atoms with Gasteiger partial charge in [-0.25, -0.2) is 4.79 Å². The lowest BCUT2D eigenvalue weighted by molar-refractivity contribution is -0.518. The van der Waals surface area contributed by atoms with Crippen LogP contribution in [0.5, 0.6) is 0 Å². The summed E-state index contributed by atoms with van der Waals surface area (Å²) in [6, 6.07) is 9.18. The van der Waals surface area contributed by atoms with E-state index in [4.69, 9.17) is 4.74 Å². The topological polar surface area (TPSA) is 116 Å². The zero-order chi connectivity index (χ0) is 19.7. The van der Waals surface area contributed by atoms with Crippen LogP contribution >= 0.6 is 0 Å². The van der Waals surface area contributed by atoms with Gasteiger partial charge in [-0.3, -0.25) is 19.7 Å². The number of hydrogen-bond acceptors (Lipinski definition) is 6. The van der Waals surface area contributed by atoms with Crippen LogP contribution in [0.25, 0.3) is 0 Å². The van der Waals surface area contributed by atoms with Crippen molar-refractivity contribution >= 4 is 23.3 Å². The van der Waals surface area contributed by atoms with Crippen LogP contribution < -0.4 is 5.32 Å². The number of Topliss-reactive ketones (excluding diaryl/α,β-unsaturated/α-hetero) is 1. The molecule has 0 aliphatic carbocycles. The van der Waals surface area contributed by atoms with Crippen molar-refractivity contribution in [1.29, 1.82) is 0 Å². The van der Waals surface area contributed by atoms with Crippen molar-refractivity contribution in [2.45, 2.75) is 26.0 Å². The first-order chi connectivity index (χ1) is 12.8. The number of fused-ring (bicyclic) bond motifs is 1. The molecule has 1 N–H and O–H groups in total. The van der Waals surface area contributed by atoms with E-state index in [1.165, 1.54) is 12.1 Å². The molecular formula is C19H16N2O6. The molecule has 27 heavy (non-hydrogen) atoms. The van der Waals surface area contributed by atoms with Crippen LogP contribution in [0.1, 0.15) is 33.2 Å². The molecule has 0 spiro atoms. The van der Waals surface area contributed by atoms with E-state index in [0.717, 1.165) is 11.1 Å². The largest absolute Gasteiger partial charge is 0.446 e. The van der Waals surface area contributed by atoms with Crippen LogP contribution in [0, 0.1) is 24.0 Å². The molecule has 2 atom stereocenters. The first-order valence-corrected chi connectivity index (χ1v) is 8.16. The molecule has 1 aliphatic heterocycles. The molecule has 0 bridgehead atoms. The third-order valence-corrected chi connectivity index (χ3v) is 4.58. The van der Waals surface area contributed by atoms with Crippen molar-refractivity contribution in [2.75, 3.05) is 5.32 Å². The minimum Gasteiger partial charge on any atom is -0.446 e. The van der Waals surface area contributed by atoms with E-state index in [1.807, 2.05) is 13.0 Å². The minimum absolute atomic E-state index is 0.150. The Morgan fingerprint density at radius 2 is 1.85 bits per heavy atom. The Bertz CT molecular complexity index is 968. The summed E-state index contributed by atoms with van der Waals surface area (Å²) in [7, 11) is 0. The molecule has 8 nitrogen and oxygen atoms in total. The van der Waals surface area contributed by atoms with E-state index in [1.54, 1.807) is 31.2 Å². The lowest BCUT2D eigenvalue weighted by Crippen LogP contribution is -2.42. The molecule has 0 saturated heterocycles. The van der Waals surface area contributed by atoms with Gasteiger partial charge in [-0.1, -0.05) is 30.3 Å². The lowest BCUT2D eigenvalue weighted by atomic mass is 9.97. The fourth-order valence-electron chi connectivity index (χ4n) is 2.96. The molecule has 3 rings (SSSR count). The number of anilines is 1. The predicted molar refractivity (Wildman–Crippen MR) is 94.9 cm³/mol. The van der Waals surface area contributed by atoms with Gasteiger partial charge in [0.15, 0.2) is 0 Å². The van der Waals surface area contributed by atoms with E-state index in [2.05, 4.69) is 5.32 Å². The molecular weight excluding hydrogens is 352 g/mol. The minimum atomic E-state index is -2.03. The summed E-state index contributed by atoms with van der Waals surface area (Å²) in [6.07, 6.45) is -1.44. The standard InChI is InChI=1S/C19H16N2O6/c1-10-6-5-9-14(11(10)2)20-18(23)16(22)15(21(25)26)17-12-7-3-4-8-13(12)19(24)27-17/h3-9,15,17H,1-2H3,(H,20,23). The number of benzene rings is 2. The Balaban J connectivity index is 1.89. The predicted octanol–water partition coefficient (Wildman–Crippen LogP) is 2.37. The number of carbonyl (C=O) groups excluding carboxylic acids is 3. The number of rotatable bonds is 5. The second kappa shape index (κ2) is 6.99. The van der Waals surface area contributed by atoms with Gasteiger partial charge in [0.25, 0.3) is 11.7 Å². The number of amides is 1. The third-order valence-electron chi connectivity index (χ3n) is 4.58. The lowest BCUT2D eigenvalue weighted by Gasteiger charge is -2.16. The van der Waals surface area contributed by atoms with Gasteiger partial charge in [-0.2, -0.15) is 0 Å². The van der Waals surface area contributed by atoms with Crippen molar-refractivity contribution in [3.63, 3.8) is 0 Å². The zero-order valence-electron chi connectivity index (χ0n) is 14.6. The molecule has 0 radical (unpaired) electrons. The Kier molecular flexibility index (Phi) is 4.72. The van der Waals surface area contributed by atoms with Crippen molar-refractivity contribution in [3.8, 4) is 0 Å². The Hall–Kier alpha value is -3.55. The van der Waals surface area contributed by atoms with Gasteiger partial charge in [-0.05, 0) is 37.1 Å². The first kappa shape index (κ1) is 18.2. The summed E-state index contributed by atoms with van der Waals surface area (Å²) in [4.78, 5) is 47.5. The molecule has 138 valence electrons. The highest BCUT2D eigenvalue weighted by Gasteiger charge is 2.49. The number of hydrogen-bond donors (Lipinski definition) is 1. The maximum absolute atomic E-state index is 12.5. The maximum Gasteiger partial charge on any atom is 0.339 e. The van der Waals surface area contributed by atoms with Gasteiger partial charge < -0.3 is 10.1 Å². The highest BCUT2D eigenvalue weighted by Crippen LogP contribution is 2.34. The molecule has 0 fully saturated rings. The smallest absolute Gasteiger partial charge is 0.339 e. The first-order valence-electron chi connectivity index (χ1n) is 8.16. The Morgan fingerprint density at radius 1 is 1.15 bits per heavy atom. The highest BCUT2D eigenvalue weighted by atomic mass is 16.6. The van der Waals surface area contributed by atoms with Crippen LogP contribution in [-0.2, 0) is 14.3 Å². The Labute approximate surface area is 154 Å². The zero-order valence-corrected chi connectivity index (χ0v) is 14.6. The second-order valence-corrected chi connectivity index (χ2v) is 6.21. The van der Waals surface area contributed by atoms with E-state index in [0.29, 0.717) is 5.69 Å². The number of ketones is 1. The quantitative estimate of drug-likeness (QED) is 0.375. The summed E-state index contributed by atoms with van der Waals surface area (Å²) in [6.45, 7) is 3.59. The third kappa shape index (κ3) is 3.29. The fourth-order valence-corrected chi connectivity index (χ4v) is 2.96. The fraction of sp³-hybridized carbons (Fsp3) is 0.211. The number of cyclic esters (lactones) is 1. The summed E-state index contributed by atoms with van der Waals surface area (Å²) in [5.41, 5.74) is 2.40. The van der Waals surface area contributed by atoms with Crippen LogP contribution in [0.4, 0.5) is 5.69 Å². The number of nitrogens with zero attached hydrogens (tertiary/aromatic N) is 1. The summed E-state index contributed by atoms with van der Waals surface area (Å²) >= 11 is 0. The average molecular weight is 368 g/mol. The van der Waals surface area contributed by atoms with E-state index in [9.17, 15) is 24.5 Å². The normalized spacial score (nSPS) is 16.2. The summed E-state index contributed by atoms with van der Waals surface area (Å²) < 4.78 is 5.04. The average Bonchev–Trinajstić information content (AvgIpc) is 2.95. The Morgan fingerprint density at radius 3 is 2.56 bits per heavy atom. The highest BCUT2D eigenvalue weighted by molar-refractivity contribution is 6.42. The van der Waals surface area contributed by atoms with E-state index in [-0.39, 0.29) is 11.1 Å². The van der Waals surface area contributed by atoms with Crippen molar-refractivity contribution in [1.82, 2.24) is 0 Å². The van der Waals surface area contributed by atoms with Gasteiger partial charge in [-0.15, -0.1) is 0 Å². The van der Waals surface area contributed by atoms with Gasteiger partial charge in [0, 0.05) is 16.2 Å². The van der Waals surface area contributed by atoms with E-state index < -0.39 is 34.7 Å². The van der Waals surface area contributed by atoms with Crippen LogP contribution in [-0.4, -0.2) is 28.6 Å². The monoisotopic (exact) mass is 368 g/mol. The van der Waals surface area contributed by atoms with Crippen molar-refractivity contribution in [2.24, 2.45) is 0 Å². The molecule has 8 heteroatoms. The SMILES string of the molecule is Cc1cccc(NC(=O)C(=O)C(C2OC(=O)c3ccccc32)[N+](=O)[O-])c1C. The summed E-state index contributed by atoms with van der Waals surface area (Å²) in [5, 5.41) is 13.9. The molecule has 2 aromatic rings. The number of nitrogens with one attached hydrogen (secondary N) is 1. The molecule has 2 aromatic carbocycles. The molecule has 0 saturated carbocycles. The second-order valence-electron chi connectivity index (χ2n) is 6.21. The number of nitro groups is 1. The number of carbonyl (C=O) groups is 3. The van der Waals surface area contributed by atoms with Gasteiger partial charge in [0.05, 0.1) is 5.56 Å². The summed E-state index contributed by atoms with van der Waals surface area (Å²) in [5.74, 6) is -3.17. The number of ether oxygens (including phenoxy) is 1. The molecule has 1 aliphatic rings. The van der Waals surface area contributed by atoms with Gasteiger partial charge >= 0.3 is 12.0 Å². The molecule has 1 heterocycles. The van der Waals surface area contributed by atoms with Crippen LogP contribution in [0.3, 0.4) is 0 Å². The molecule has 2 unspecified atom stereocenters. The maximum atomic E-state index is 12.5. The van der Waals surface area contributed by atoms with Gasteiger partial charge in [0.1, 0.15) is 0 Å². The number of esters is 1. The molecule has 1 amide bonds.